The largest absolute Gasteiger partial charge is 0.494 e. The topological polar surface area (TPSA) is 88.4 Å². The number of hydrogen-bond acceptors (Lipinski definition) is 6. The normalized spacial score (nSPS) is 37.0. The number of aryl methyl sites for hydroxylation is 1. The van der Waals surface area contributed by atoms with Crippen molar-refractivity contribution in [1.82, 2.24) is 0 Å². The molecule has 0 amide bonds. The number of ether oxygens (including phenoxy) is 1. The first kappa shape index (κ1) is 14.0. The zero-order valence-electron chi connectivity index (χ0n) is 11.1. The Morgan fingerprint density at radius 1 is 1.35 bits per heavy atom. The zero-order valence-corrected chi connectivity index (χ0v) is 11.1. The Balaban J connectivity index is 1.79. The highest BCUT2D eigenvalue weighted by atomic mass is 16.7. The van der Waals surface area contributed by atoms with E-state index < -0.39 is 37.8 Å². The maximum atomic E-state index is 10.2. The summed E-state index contributed by atoms with van der Waals surface area (Å²) in [5, 5.41) is 29.4. The van der Waals surface area contributed by atoms with Gasteiger partial charge in [-0.1, -0.05) is 29.8 Å². The van der Waals surface area contributed by atoms with Crippen molar-refractivity contribution in [3.8, 4) is 0 Å². The molecule has 2 heterocycles. The van der Waals surface area contributed by atoms with E-state index in [9.17, 15) is 10.2 Å². The Morgan fingerprint density at radius 3 is 2.70 bits per heavy atom. The molecule has 6 nitrogen and oxygen atoms in total. The Hall–Kier alpha value is -0.955. The van der Waals surface area contributed by atoms with Crippen molar-refractivity contribution in [3.63, 3.8) is 0 Å². The van der Waals surface area contributed by atoms with Gasteiger partial charge in [0.15, 0.2) is 0 Å². The van der Waals surface area contributed by atoms with E-state index in [1.54, 1.807) is 0 Å². The van der Waals surface area contributed by atoms with Gasteiger partial charge in [-0.05, 0) is 12.4 Å². The number of aliphatic hydroxyl groups excluding tert-OH is 2. The molecule has 0 bridgehead atoms. The van der Waals surface area contributed by atoms with Gasteiger partial charge in [0.1, 0.15) is 18.3 Å². The number of fused-ring (bicyclic) bond motifs is 1. The molecule has 0 radical (unpaired) electrons. The molecule has 0 unspecified atom stereocenters. The van der Waals surface area contributed by atoms with Crippen molar-refractivity contribution >= 4 is 12.6 Å². The van der Waals surface area contributed by atoms with Gasteiger partial charge in [0, 0.05) is 0 Å². The van der Waals surface area contributed by atoms with Crippen LogP contribution >= 0.6 is 0 Å². The molecule has 0 aromatic heterocycles. The second-order valence-corrected chi connectivity index (χ2v) is 5.28. The summed E-state index contributed by atoms with van der Waals surface area (Å²) < 4.78 is 16.3. The Kier molecular flexibility index (Phi) is 3.57. The Bertz CT molecular complexity index is 480. The molecular weight excluding hydrogens is 263 g/mol. The molecule has 3 N–H and O–H groups in total. The number of hydrogen-bond donors (Lipinski definition) is 3. The summed E-state index contributed by atoms with van der Waals surface area (Å²) in [7, 11) is -0.670. The predicted molar refractivity (Wildman–Crippen MR) is 70.3 cm³/mol. The molecule has 3 rings (SSSR count). The smallest absolute Gasteiger partial charge is 0.402 e. The molecule has 0 aliphatic carbocycles. The molecular formula is C13H17BO6. The third kappa shape index (κ3) is 2.26. The van der Waals surface area contributed by atoms with Gasteiger partial charge in [-0.3, -0.25) is 0 Å². The molecule has 2 fully saturated rings. The summed E-state index contributed by atoms with van der Waals surface area (Å²) in [6.07, 6.45) is -2.91. The minimum atomic E-state index is -1.71. The van der Waals surface area contributed by atoms with Crippen LogP contribution in [0, 0.1) is 6.92 Å². The highest BCUT2D eigenvalue weighted by Gasteiger charge is 2.58. The van der Waals surface area contributed by atoms with Gasteiger partial charge in [0.2, 0.25) is 5.79 Å². The van der Waals surface area contributed by atoms with Gasteiger partial charge in [-0.25, -0.2) is 0 Å². The molecule has 0 spiro atoms. The molecule has 2 saturated heterocycles. The molecule has 2 aliphatic heterocycles. The molecule has 1 aromatic carbocycles. The van der Waals surface area contributed by atoms with Gasteiger partial charge in [0.05, 0.1) is 13.2 Å². The third-order valence-corrected chi connectivity index (χ3v) is 3.73. The summed E-state index contributed by atoms with van der Waals surface area (Å²) in [4.78, 5) is 0. The quantitative estimate of drug-likeness (QED) is 0.574. The van der Waals surface area contributed by atoms with Gasteiger partial charge in [0.25, 0.3) is 0 Å². The lowest BCUT2D eigenvalue weighted by atomic mass is 9.76. The minimum Gasteiger partial charge on any atom is -0.402 e. The number of benzene rings is 1. The average Bonchev–Trinajstić information content (AvgIpc) is 2.71. The first-order valence-electron chi connectivity index (χ1n) is 6.56. The van der Waals surface area contributed by atoms with Crippen LogP contribution < -0.4 is 5.46 Å². The fourth-order valence-electron chi connectivity index (χ4n) is 2.57. The van der Waals surface area contributed by atoms with Crippen LogP contribution in [0.15, 0.2) is 24.3 Å². The van der Waals surface area contributed by atoms with E-state index in [0.29, 0.717) is 0 Å². The van der Waals surface area contributed by atoms with Crippen molar-refractivity contribution in [1.29, 1.82) is 0 Å². The molecule has 0 saturated carbocycles. The fraction of sp³-hybridized carbons (Fsp3) is 0.538. The molecule has 20 heavy (non-hydrogen) atoms. The van der Waals surface area contributed by atoms with Crippen LogP contribution in [0.2, 0.25) is 0 Å². The summed E-state index contributed by atoms with van der Waals surface area (Å²) >= 11 is 0. The Labute approximate surface area is 117 Å². The molecule has 7 heteroatoms. The van der Waals surface area contributed by atoms with Gasteiger partial charge in [-0.15, -0.1) is 0 Å². The highest BCUT2D eigenvalue weighted by molar-refractivity contribution is 6.61. The lowest BCUT2D eigenvalue weighted by Gasteiger charge is -2.36. The number of aliphatic hydroxyl groups is 3. The van der Waals surface area contributed by atoms with Crippen LogP contribution in [0.5, 0.6) is 0 Å². The first-order chi connectivity index (χ1) is 9.53. The van der Waals surface area contributed by atoms with Crippen LogP contribution in [0.25, 0.3) is 0 Å². The first-order valence-corrected chi connectivity index (χ1v) is 6.56. The van der Waals surface area contributed by atoms with E-state index in [-0.39, 0.29) is 6.61 Å². The second kappa shape index (κ2) is 5.11. The summed E-state index contributed by atoms with van der Waals surface area (Å²) in [5.41, 5.74) is 1.92. The third-order valence-electron chi connectivity index (χ3n) is 3.73. The van der Waals surface area contributed by atoms with Crippen molar-refractivity contribution in [2.45, 2.75) is 31.0 Å². The molecule has 4 atom stereocenters. The van der Waals surface area contributed by atoms with Crippen molar-refractivity contribution in [2.75, 3.05) is 13.2 Å². The highest BCUT2D eigenvalue weighted by Crippen LogP contribution is 2.35. The monoisotopic (exact) mass is 280 g/mol. The molecule has 1 aromatic rings. The second-order valence-electron chi connectivity index (χ2n) is 5.28. The van der Waals surface area contributed by atoms with Crippen molar-refractivity contribution < 1.29 is 29.4 Å². The van der Waals surface area contributed by atoms with E-state index in [4.69, 9.17) is 19.2 Å². The average molecular weight is 280 g/mol. The van der Waals surface area contributed by atoms with E-state index in [1.807, 2.05) is 31.2 Å². The van der Waals surface area contributed by atoms with E-state index in [2.05, 4.69) is 0 Å². The van der Waals surface area contributed by atoms with Crippen LogP contribution in [-0.2, 0) is 14.0 Å². The SMILES string of the molecule is Cc1ccc(B2OC[C@]3(O)O[C@H](CO)[C@@H](O)[C@@H]3O2)cc1. The summed E-state index contributed by atoms with van der Waals surface area (Å²) in [6, 6.07) is 7.61. The summed E-state index contributed by atoms with van der Waals surface area (Å²) in [5.74, 6) is -1.71. The van der Waals surface area contributed by atoms with E-state index in [1.165, 1.54) is 0 Å². The van der Waals surface area contributed by atoms with E-state index >= 15 is 0 Å². The van der Waals surface area contributed by atoms with Crippen LogP contribution in [0.4, 0.5) is 0 Å². The fourth-order valence-corrected chi connectivity index (χ4v) is 2.57. The maximum absolute atomic E-state index is 10.2. The van der Waals surface area contributed by atoms with Gasteiger partial charge in [-0.2, -0.15) is 0 Å². The molecule has 108 valence electrons. The van der Waals surface area contributed by atoms with Crippen LogP contribution in [0.1, 0.15) is 5.56 Å². The van der Waals surface area contributed by atoms with Gasteiger partial charge >= 0.3 is 7.12 Å². The van der Waals surface area contributed by atoms with Crippen LogP contribution in [0.3, 0.4) is 0 Å². The minimum absolute atomic E-state index is 0.121. The Morgan fingerprint density at radius 2 is 2.05 bits per heavy atom. The van der Waals surface area contributed by atoms with E-state index in [0.717, 1.165) is 11.0 Å². The predicted octanol–water partition coefficient (Wildman–Crippen LogP) is -1.45. The lowest BCUT2D eigenvalue weighted by Crippen LogP contribution is -2.59. The van der Waals surface area contributed by atoms with Crippen molar-refractivity contribution in [2.24, 2.45) is 0 Å². The van der Waals surface area contributed by atoms with Crippen molar-refractivity contribution in [3.05, 3.63) is 29.8 Å². The lowest BCUT2D eigenvalue weighted by molar-refractivity contribution is -0.258. The van der Waals surface area contributed by atoms with Crippen LogP contribution in [-0.4, -0.2) is 59.8 Å². The molecule has 2 aliphatic rings. The summed E-state index contributed by atoms with van der Waals surface area (Å²) in [6.45, 7) is 1.47. The standard InChI is InChI=1S/C13H17BO6/c1-8-2-4-9(5-3-8)14-18-7-13(17)12(20-14)11(16)10(6-15)19-13/h2-5,10-12,15-17H,6-7H2,1H3/t10-,11-,12+,13+/m1/s1. The van der Waals surface area contributed by atoms with Gasteiger partial charge < -0.3 is 29.4 Å². The number of rotatable bonds is 2. The maximum Gasteiger partial charge on any atom is 0.494 e. The zero-order chi connectivity index (χ0) is 14.3.